The van der Waals surface area contributed by atoms with E-state index in [1.165, 1.54) is 0 Å². The zero-order valence-electron chi connectivity index (χ0n) is 10.6. The molecule has 0 saturated carbocycles. The van der Waals surface area contributed by atoms with Crippen molar-refractivity contribution in [3.63, 3.8) is 0 Å². The van der Waals surface area contributed by atoms with Gasteiger partial charge >= 0.3 is 0 Å². The highest BCUT2D eigenvalue weighted by atomic mass is 127. The van der Waals surface area contributed by atoms with Crippen LogP contribution in [0.1, 0.15) is 5.56 Å². The van der Waals surface area contributed by atoms with Crippen molar-refractivity contribution < 1.29 is 4.74 Å². The van der Waals surface area contributed by atoms with Crippen molar-refractivity contribution in [3.8, 4) is 5.69 Å². The lowest BCUT2D eigenvalue weighted by Crippen LogP contribution is -2.19. The van der Waals surface area contributed by atoms with E-state index in [-0.39, 0.29) is 0 Å². The first-order chi connectivity index (χ1) is 9.22. The van der Waals surface area contributed by atoms with Crippen LogP contribution in [-0.4, -0.2) is 30.0 Å². The Hall–Kier alpha value is -0.630. The van der Waals surface area contributed by atoms with Gasteiger partial charge in [-0.1, -0.05) is 23.7 Å². The minimum absolute atomic E-state index is 0.690. The number of hydrogen-bond donors (Lipinski definition) is 1. The van der Waals surface area contributed by atoms with Crippen molar-refractivity contribution >= 4 is 34.2 Å². The van der Waals surface area contributed by atoms with Crippen molar-refractivity contribution in [2.45, 2.75) is 6.54 Å². The van der Waals surface area contributed by atoms with E-state index in [9.17, 15) is 0 Å². The summed E-state index contributed by atoms with van der Waals surface area (Å²) in [5.41, 5.74) is 2.04. The molecule has 0 unspecified atom stereocenters. The van der Waals surface area contributed by atoms with Gasteiger partial charge in [-0.3, -0.25) is 0 Å². The average molecular weight is 392 g/mol. The number of halogens is 2. The molecule has 102 valence electrons. The van der Waals surface area contributed by atoms with Gasteiger partial charge in [0.2, 0.25) is 0 Å². The van der Waals surface area contributed by atoms with Gasteiger partial charge in [0.25, 0.3) is 0 Å². The maximum absolute atomic E-state index is 6.30. The standard InChI is InChI=1S/C13H15ClIN3O/c1-19-6-5-16-7-10-3-2-4-12(14)13(10)18-9-11(15)8-17-18/h2-4,8-9,16H,5-7H2,1H3. The Bertz CT molecular complexity index is 544. The van der Waals surface area contributed by atoms with Crippen LogP contribution in [0, 0.1) is 3.57 Å². The van der Waals surface area contributed by atoms with Crippen LogP contribution >= 0.6 is 34.2 Å². The summed E-state index contributed by atoms with van der Waals surface area (Å²) < 4.78 is 7.91. The molecule has 1 heterocycles. The predicted molar refractivity (Wildman–Crippen MR) is 84.9 cm³/mol. The van der Waals surface area contributed by atoms with Gasteiger partial charge in [-0.2, -0.15) is 5.10 Å². The quantitative estimate of drug-likeness (QED) is 0.608. The number of methoxy groups -OCH3 is 1. The molecular formula is C13H15ClIN3O. The number of nitrogens with one attached hydrogen (secondary N) is 1. The van der Waals surface area contributed by atoms with Crippen LogP contribution < -0.4 is 5.32 Å². The monoisotopic (exact) mass is 391 g/mol. The van der Waals surface area contributed by atoms with E-state index >= 15 is 0 Å². The lowest BCUT2D eigenvalue weighted by Gasteiger charge is -2.12. The van der Waals surface area contributed by atoms with Crippen molar-refractivity contribution in [2.75, 3.05) is 20.3 Å². The molecular weight excluding hydrogens is 377 g/mol. The van der Waals surface area contributed by atoms with Gasteiger partial charge in [0.1, 0.15) is 0 Å². The second-order valence-corrected chi connectivity index (χ2v) is 5.67. The normalized spacial score (nSPS) is 10.9. The summed E-state index contributed by atoms with van der Waals surface area (Å²) in [6.07, 6.45) is 3.77. The summed E-state index contributed by atoms with van der Waals surface area (Å²) in [7, 11) is 1.69. The molecule has 4 nitrogen and oxygen atoms in total. The number of para-hydroxylation sites is 1. The lowest BCUT2D eigenvalue weighted by atomic mass is 10.1. The summed E-state index contributed by atoms with van der Waals surface area (Å²) in [6, 6.07) is 5.88. The van der Waals surface area contributed by atoms with Crippen molar-refractivity contribution in [2.24, 2.45) is 0 Å². The van der Waals surface area contributed by atoms with E-state index in [1.807, 2.05) is 29.2 Å². The molecule has 0 saturated heterocycles. The Balaban J connectivity index is 2.21. The summed E-state index contributed by atoms with van der Waals surface area (Å²) in [6.45, 7) is 2.23. The first kappa shape index (κ1) is 14.8. The van der Waals surface area contributed by atoms with Crippen LogP contribution in [0.25, 0.3) is 5.69 Å². The molecule has 19 heavy (non-hydrogen) atoms. The topological polar surface area (TPSA) is 39.1 Å². The zero-order chi connectivity index (χ0) is 13.7. The van der Waals surface area contributed by atoms with Crippen LogP contribution in [-0.2, 0) is 11.3 Å². The fourth-order valence-corrected chi connectivity index (χ4v) is 2.45. The van der Waals surface area contributed by atoms with Gasteiger partial charge in [-0.15, -0.1) is 0 Å². The van der Waals surface area contributed by atoms with E-state index in [0.29, 0.717) is 11.6 Å². The Kier molecular flexibility index (Phi) is 5.62. The van der Waals surface area contributed by atoms with Gasteiger partial charge in [0.05, 0.1) is 27.1 Å². The molecule has 0 aliphatic carbocycles. The van der Waals surface area contributed by atoms with E-state index in [1.54, 1.807) is 7.11 Å². The molecule has 2 rings (SSSR count). The SMILES string of the molecule is COCCNCc1cccc(Cl)c1-n1cc(I)cn1. The highest BCUT2D eigenvalue weighted by Gasteiger charge is 2.10. The molecule has 0 spiro atoms. The largest absolute Gasteiger partial charge is 0.383 e. The van der Waals surface area contributed by atoms with Gasteiger partial charge in [-0.25, -0.2) is 4.68 Å². The number of ether oxygens (including phenoxy) is 1. The van der Waals surface area contributed by atoms with Crippen LogP contribution in [0.15, 0.2) is 30.6 Å². The predicted octanol–water partition coefficient (Wildman–Crippen LogP) is 2.87. The first-order valence-corrected chi connectivity index (χ1v) is 7.35. The third-order valence-corrected chi connectivity index (χ3v) is 3.51. The molecule has 0 fully saturated rings. The van der Waals surface area contributed by atoms with Crippen LogP contribution in [0.4, 0.5) is 0 Å². The highest BCUT2D eigenvalue weighted by molar-refractivity contribution is 14.1. The van der Waals surface area contributed by atoms with Crippen LogP contribution in [0.5, 0.6) is 0 Å². The Labute approximate surface area is 131 Å². The Morgan fingerprint density at radius 1 is 1.47 bits per heavy atom. The van der Waals surface area contributed by atoms with Crippen molar-refractivity contribution in [3.05, 3.63) is 44.7 Å². The number of rotatable bonds is 6. The molecule has 0 radical (unpaired) electrons. The maximum Gasteiger partial charge on any atom is 0.0877 e. The second kappa shape index (κ2) is 7.23. The first-order valence-electron chi connectivity index (χ1n) is 5.90. The lowest BCUT2D eigenvalue weighted by molar-refractivity contribution is 0.199. The number of benzene rings is 1. The highest BCUT2D eigenvalue weighted by Crippen LogP contribution is 2.24. The summed E-state index contributed by atoms with van der Waals surface area (Å²) in [4.78, 5) is 0. The molecule has 0 atom stereocenters. The molecule has 0 aliphatic rings. The van der Waals surface area contributed by atoms with Gasteiger partial charge in [0, 0.05) is 26.4 Å². The molecule has 0 bridgehead atoms. The van der Waals surface area contributed by atoms with E-state index in [0.717, 1.165) is 27.9 Å². The molecule has 1 aromatic carbocycles. The van der Waals surface area contributed by atoms with E-state index in [2.05, 4.69) is 39.1 Å². The van der Waals surface area contributed by atoms with Gasteiger partial charge < -0.3 is 10.1 Å². The summed E-state index contributed by atoms with van der Waals surface area (Å²) in [5.74, 6) is 0. The zero-order valence-corrected chi connectivity index (χ0v) is 13.5. The summed E-state index contributed by atoms with van der Waals surface area (Å²) >= 11 is 8.53. The minimum Gasteiger partial charge on any atom is -0.383 e. The molecule has 2 aromatic rings. The van der Waals surface area contributed by atoms with Gasteiger partial charge in [0.15, 0.2) is 0 Å². The fourth-order valence-electron chi connectivity index (χ4n) is 1.78. The minimum atomic E-state index is 0.690. The van der Waals surface area contributed by atoms with Crippen LogP contribution in [0.2, 0.25) is 5.02 Å². The number of nitrogens with zero attached hydrogens (tertiary/aromatic N) is 2. The molecule has 1 N–H and O–H groups in total. The second-order valence-electron chi connectivity index (χ2n) is 4.02. The molecule has 1 aromatic heterocycles. The van der Waals surface area contributed by atoms with Crippen LogP contribution in [0.3, 0.4) is 0 Å². The number of aromatic nitrogens is 2. The Morgan fingerprint density at radius 3 is 3.00 bits per heavy atom. The van der Waals surface area contributed by atoms with E-state index < -0.39 is 0 Å². The van der Waals surface area contributed by atoms with Crippen molar-refractivity contribution in [1.29, 1.82) is 0 Å². The van der Waals surface area contributed by atoms with Crippen molar-refractivity contribution in [1.82, 2.24) is 15.1 Å². The molecule has 0 amide bonds. The smallest absolute Gasteiger partial charge is 0.0877 e. The molecule has 6 heteroatoms. The fraction of sp³-hybridized carbons (Fsp3) is 0.308. The maximum atomic E-state index is 6.30. The van der Waals surface area contributed by atoms with E-state index in [4.69, 9.17) is 16.3 Å². The Morgan fingerprint density at radius 2 is 2.32 bits per heavy atom. The average Bonchev–Trinajstić information content (AvgIpc) is 2.81. The number of hydrogen-bond acceptors (Lipinski definition) is 3. The molecule has 0 aliphatic heterocycles. The third kappa shape index (κ3) is 3.92. The summed E-state index contributed by atoms with van der Waals surface area (Å²) in [5, 5.41) is 8.34. The third-order valence-electron chi connectivity index (χ3n) is 2.65. The van der Waals surface area contributed by atoms with Gasteiger partial charge in [-0.05, 0) is 34.2 Å².